The first-order chi connectivity index (χ1) is 8.47. The van der Waals surface area contributed by atoms with Crippen LogP contribution in [0.2, 0.25) is 0 Å². The van der Waals surface area contributed by atoms with Crippen LogP contribution in [0, 0.1) is 6.92 Å². The second-order valence-corrected chi connectivity index (χ2v) is 5.46. The first-order valence-electron chi connectivity index (χ1n) is 5.94. The van der Waals surface area contributed by atoms with Crippen LogP contribution >= 0.6 is 11.3 Å². The Morgan fingerprint density at radius 3 is 2.78 bits per heavy atom. The fraction of sp³-hybridized carbons (Fsp3) is 0.500. The first-order valence-corrected chi connectivity index (χ1v) is 6.76. The summed E-state index contributed by atoms with van der Waals surface area (Å²) in [6.07, 6.45) is 0.938. The molecule has 2 N–H and O–H groups in total. The second kappa shape index (κ2) is 4.61. The van der Waals surface area contributed by atoms with E-state index in [0.717, 1.165) is 28.9 Å². The number of aromatic nitrogens is 2. The predicted molar refractivity (Wildman–Crippen MR) is 75.0 cm³/mol. The zero-order valence-electron chi connectivity index (χ0n) is 11.1. The molecule has 0 spiro atoms. The molecule has 0 unspecified atom stereocenters. The molecular formula is C12H18N4OS. The number of nitrogens with zero attached hydrogens (tertiary/aromatic N) is 3. The van der Waals surface area contributed by atoms with Gasteiger partial charge in [0.1, 0.15) is 9.71 Å². The largest absolute Gasteiger partial charge is 0.397 e. The molecule has 0 aliphatic carbocycles. The SMILES string of the molecule is CCCN(C)C(=O)c1sc2c(c(C)nn2C)c1N. The highest BCUT2D eigenvalue weighted by Gasteiger charge is 2.22. The Kier molecular flexibility index (Phi) is 3.30. The van der Waals surface area contributed by atoms with E-state index in [1.165, 1.54) is 11.3 Å². The first kappa shape index (κ1) is 12.9. The molecule has 2 rings (SSSR count). The lowest BCUT2D eigenvalue weighted by Crippen LogP contribution is -2.27. The summed E-state index contributed by atoms with van der Waals surface area (Å²) < 4.78 is 1.78. The number of thiophene rings is 1. The van der Waals surface area contributed by atoms with E-state index in [2.05, 4.69) is 5.10 Å². The van der Waals surface area contributed by atoms with Gasteiger partial charge in [-0.15, -0.1) is 11.3 Å². The number of anilines is 1. The molecule has 98 valence electrons. The Balaban J connectivity index is 2.49. The number of aryl methyl sites for hydroxylation is 2. The summed E-state index contributed by atoms with van der Waals surface area (Å²) in [4.78, 5) is 15.6. The highest BCUT2D eigenvalue weighted by molar-refractivity contribution is 7.21. The van der Waals surface area contributed by atoms with Gasteiger partial charge in [-0.2, -0.15) is 5.10 Å². The summed E-state index contributed by atoms with van der Waals surface area (Å²) in [6.45, 7) is 4.70. The van der Waals surface area contributed by atoms with E-state index < -0.39 is 0 Å². The van der Waals surface area contributed by atoms with Gasteiger partial charge >= 0.3 is 0 Å². The summed E-state index contributed by atoms with van der Waals surface area (Å²) in [5.74, 6) is -0.00468. The fourth-order valence-corrected chi connectivity index (χ4v) is 3.28. The van der Waals surface area contributed by atoms with Gasteiger partial charge in [0, 0.05) is 20.6 Å². The molecule has 6 heteroatoms. The molecule has 0 radical (unpaired) electrons. The maximum absolute atomic E-state index is 12.3. The van der Waals surface area contributed by atoms with Crippen LogP contribution in [0.1, 0.15) is 28.7 Å². The Hall–Kier alpha value is -1.56. The third-order valence-electron chi connectivity index (χ3n) is 2.98. The molecule has 5 nitrogen and oxygen atoms in total. The average molecular weight is 266 g/mol. The summed E-state index contributed by atoms with van der Waals surface area (Å²) >= 11 is 1.42. The van der Waals surface area contributed by atoms with Crippen LogP contribution in [0.3, 0.4) is 0 Å². The van der Waals surface area contributed by atoms with E-state index in [0.29, 0.717) is 10.6 Å². The van der Waals surface area contributed by atoms with Crippen LogP contribution in [0.25, 0.3) is 10.2 Å². The van der Waals surface area contributed by atoms with E-state index >= 15 is 0 Å². The van der Waals surface area contributed by atoms with Gasteiger partial charge in [0.2, 0.25) is 0 Å². The minimum Gasteiger partial charge on any atom is -0.397 e. The predicted octanol–water partition coefficient (Wildman–Crippen LogP) is 2.01. The molecule has 18 heavy (non-hydrogen) atoms. The van der Waals surface area contributed by atoms with Gasteiger partial charge in [-0.25, -0.2) is 0 Å². The van der Waals surface area contributed by atoms with Gasteiger partial charge in [-0.1, -0.05) is 6.92 Å². The minimum atomic E-state index is -0.00468. The van der Waals surface area contributed by atoms with Crippen molar-refractivity contribution >= 4 is 33.1 Å². The van der Waals surface area contributed by atoms with Gasteiger partial charge in [0.15, 0.2) is 0 Å². The van der Waals surface area contributed by atoms with Crippen LogP contribution in [0.5, 0.6) is 0 Å². The standard InChI is InChI=1S/C12H18N4OS/c1-5-6-15(3)11(17)10-9(13)8-7(2)14-16(4)12(8)18-10/h5-6,13H2,1-4H3. The van der Waals surface area contributed by atoms with Crippen LogP contribution in [0.4, 0.5) is 5.69 Å². The number of amides is 1. The third-order valence-corrected chi connectivity index (χ3v) is 4.24. The van der Waals surface area contributed by atoms with Crippen molar-refractivity contribution < 1.29 is 4.79 Å². The van der Waals surface area contributed by atoms with Crippen molar-refractivity contribution in [2.45, 2.75) is 20.3 Å². The highest BCUT2D eigenvalue weighted by atomic mass is 32.1. The number of rotatable bonds is 3. The summed E-state index contributed by atoms with van der Waals surface area (Å²) in [6, 6.07) is 0. The number of hydrogen-bond donors (Lipinski definition) is 1. The number of hydrogen-bond acceptors (Lipinski definition) is 4. The summed E-state index contributed by atoms with van der Waals surface area (Å²) in [7, 11) is 3.68. The lowest BCUT2D eigenvalue weighted by Gasteiger charge is -2.15. The van der Waals surface area contributed by atoms with Crippen molar-refractivity contribution in [1.82, 2.24) is 14.7 Å². The minimum absolute atomic E-state index is 0.00468. The summed E-state index contributed by atoms with van der Waals surface area (Å²) in [5.41, 5.74) is 7.53. The molecular weight excluding hydrogens is 248 g/mol. The Morgan fingerprint density at radius 2 is 2.22 bits per heavy atom. The van der Waals surface area contributed by atoms with Gasteiger partial charge in [-0.3, -0.25) is 9.48 Å². The molecule has 2 heterocycles. The highest BCUT2D eigenvalue weighted by Crippen LogP contribution is 2.35. The van der Waals surface area contributed by atoms with E-state index in [1.54, 1.807) is 16.6 Å². The van der Waals surface area contributed by atoms with Crippen molar-refractivity contribution in [1.29, 1.82) is 0 Å². The molecule has 0 aromatic carbocycles. The number of carbonyl (C=O) groups is 1. The van der Waals surface area contributed by atoms with Crippen LogP contribution in [-0.4, -0.2) is 34.2 Å². The maximum atomic E-state index is 12.3. The molecule has 0 fully saturated rings. The molecule has 0 saturated heterocycles. The van der Waals surface area contributed by atoms with Crippen molar-refractivity contribution in [3.05, 3.63) is 10.6 Å². The lowest BCUT2D eigenvalue weighted by atomic mass is 10.2. The van der Waals surface area contributed by atoms with Crippen LogP contribution < -0.4 is 5.73 Å². The van der Waals surface area contributed by atoms with Gasteiger partial charge in [0.05, 0.1) is 16.8 Å². The van der Waals surface area contributed by atoms with Crippen molar-refractivity contribution in [2.24, 2.45) is 7.05 Å². The lowest BCUT2D eigenvalue weighted by molar-refractivity contribution is 0.0801. The molecule has 2 aromatic heterocycles. The number of carbonyl (C=O) groups excluding carboxylic acids is 1. The molecule has 0 saturated carbocycles. The molecule has 2 aromatic rings. The van der Waals surface area contributed by atoms with Crippen molar-refractivity contribution in [3.63, 3.8) is 0 Å². The van der Waals surface area contributed by atoms with Gasteiger partial charge < -0.3 is 10.6 Å². The molecule has 0 bridgehead atoms. The van der Waals surface area contributed by atoms with Crippen molar-refractivity contribution in [2.75, 3.05) is 19.3 Å². The third kappa shape index (κ3) is 1.86. The Morgan fingerprint density at radius 1 is 1.56 bits per heavy atom. The van der Waals surface area contributed by atoms with E-state index in [9.17, 15) is 4.79 Å². The molecule has 0 aliphatic rings. The van der Waals surface area contributed by atoms with Crippen LogP contribution in [0.15, 0.2) is 0 Å². The van der Waals surface area contributed by atoms with Gasteiger partial charge in [-0.05, 0) is 13.3 Å². The zero-order valence-corrected chi connectivity index (χ0v) is 12.0. The van der Waals surface area contributed by atoms with Crippen molar-refractivity contribution in [3.8, 4) is 0 Å². The molecule has 0 aliphatic heterocycles. The monoisotopic (exact) mass is 266 g/mol. The number of fused-ring (bicyclic) bond motifs is 1. The van der Waals surface area contributed by atoms with Gasteiger partial charge in [0.25, 0.3) is 5.91 Å². The fourth-order valence-electron chi connectivity index (χ4n) is 2.10. The summed E-state index contributed by atoms with van der Waals surface area (Å²) in [5, 5.41) is 5.23. The zero-order chi connectivity index (χ0) is 13.4. The topological polar surface area (TPSA) is 64.2 Å². The normalized spacial score (nSPS) is 11.1. The number of nitrogens with two attached hydrogens (primary N) is 1. The Bertz CT molecular complexity index is 599. The second-order valence-electron chi connectivity index (χ2n) is 4.46. The number of nitrogen functional groups attached to an aromatic ring is 1. The van der Waals surface area contributed by atoms with E-state index in [-0.39, 0.29) is 5.91 Å². The van der Waals surface area contributed by atoms with Crippen LogP contribution in [-0.2, 0) is 7.05 Å². The quantitative estimate of drug-likeness (QED) is 0.924. The molecule has 0 atom stereocenters. The molecule has 1 amide bonds. The van der Waals surface area contributed by atoms with E-state index in [1.807, 2.05) is 20.9 Å². The average Bonchev–Trinajstić information content (AvgIpc) is 2.79. The Labute approximate surface area is 110 Å². The smallest absolute Gasteiger partial charge is 0.265 e. The maximum Gasteiger partial charge on any atom is 0.265 e. The van der Waals surface area contributed by atoms with E-state index in [4.69, 9.17) is 5.73 Å².